The fourth-order valence-corrected chi connectivity index (χ4v) is 1.53. The monoisotopic (exact) mass is 237 g/mol. The Morgan fingerprint density at radius 2 is 2.31 bits per heavy atom. The number of hydrogen-bond donors (Lipinski definition) is 1. The van der Waals surface area contributed by atoms with Gasteiger partial charge in [0.1, 0.15) is 11.5 Å². The molecule has 0 saturated carbocycles. The second-order valence-corrected chi connectivity index (χ2v) is 3.47. The molecule has 0 atom stereocenters. The van der Waals surface area contributed by atoms with Crippen molar-refractivity contribution in [3.05, 3.63) is 35.4 Å². The molecular formula is C11H8ClNO3. The molecule has 1 aromatic rings. The second kappa shape index (κ2) is 4.37. The van der Waals surface area contributed by atoms with Gasteiger partial charge < -0.3 is 9.94 Å². The number of benzene rings is 1. The number of phenols is 1. The first-order valence-corrected chi connectivity index (χ1v) is 5.09. The largest absolute Gasteiger partial charge is 0.508 e. The summed E-state index contributed by atoms with van der Waals surface area (Å²) in [5.41, 5.74) is 1.40. The van der Waals surface area contributed by atoms with Crippen LogP contribution in [0.2, 0.25) is 0 Å². The van der Waals surface area contributed by atoms with Crippen LogP contribution in [0.3, 0.4) is 0 Å². The first kappa shape index (κ1) is 10.7. The van der Waals surface area contributed by atoms with Crippen LogP contribution in [0.4, 0.5) is 0 Å². The lowest BCUT2D eigenvalue weighted by Gasteiger charge is -1.97. The predicted molar refractivity (Wildman–Crippen MR) is 60.3 cm³/mol. The molecule has 1 N–H and O–H groups in total. The van der Waals surface area contributed by atoms with E-state index in [4.69, 9.17) is 11.6 Å². The number of phenolic OH excluding ortho intramolecular Hbond substituents is 1. The Morgan fingerprint density at radius 3 is 3.00 bits per heavy atom. The van der Waals surface area contributed by atoms with Gasteiger partial charge >= 0.3 is 5.97 Å². The van der Waals surface area contributed by atoms with Crippen molar-refractivity contribution in [2.24, 2.45) is 5.16 Å². The molecular weight excluding hydrogens is 230 g/mol. The molecule has 1 heterocycles. The molecule has 0 bridgehead atoms. The van der Waals surface area contributed by atoms with E-state index in [1.54, 1.807) is 24.3 Å². The lowest BCUT2D eigenvalue weighted by molar-refractivity contribution is -0.136. The van der Waals surface area contributed by atoms with E-state index < -0.39 is 5.97 Å². The Labute approximate surface area is 96.8 Å². The van der Waals surface area contributed by atoms with E-state index in [2.05, 4.69) is 9.99 Å². The summed E-state index contributed by atoms with van der Waals surface area (Å²) in [5.74, 6) is -0.291. The predicted octanol–water partition coefficient (Wildman–Crippen LogP) is 1.93. The third-order valence-electron chi connectivity index (χ3n) is 2.08. The number of nitrogens with zero attached hydrogens (tertiary/aromatic N) is 1. The first-order chi connectivity index (χ1) is 7.70. The summed E-state index contributed by atoms with van der Waals surface area (Å²) in [6, 6.07) is 6.51. The summed E-state index contributed by atoms with van der Waals surface area (Å²) in [7, 11) is 0. The van der Waals surface area contributed by atoms with Crippen molar-refractivity contribution in [1.82, 2.24) is 0 Å². The summed E-state index contributed by atoms with van der Waals surface area (Å²) in [6.45, 7) is 0. The molecule has 1 aliphatic rings. The highest BCUT2D eigenvalue weighted by Crippen LogP contribution is 2.18. The topological polar surface area (TPSA) is 58.9 Å². The van der Waals surface area contributed by atoms with Gasteiger partial charge in [-0.2, -0.15) is 0 Å². The van der Waals surface area contributed by atoms with Gasteiger partial charge in [-0.25, -0.2) is 4.79 Å². The minimum Gasteiger partial charge on any atom is -0.508 e. The molecule has 0 aliphatic carbocycles. The molecule has 0 spiro atoms. The number of alkyl halides is 1. The molecule has 0 radical (unpaired) electrons. The van der Waals surface area contributed by atoms with E-state index in [0.717, 1.165) is 0 Å². The minimum atomic E-state index is -0.529. The van der Waals surface area contributed by atoms with Gasteiger partial charge in [-0.05, 0) is 23.8 Å². The van der Waals surface area contributed by atoms with Crippen LogP contribution in [0.25, 0.3) is 6.08 Å². The van der Waals surface area contributed by atoms with Gasteiger partial charge in [-0.3, -0.25) is 0 Å². The number of carbonyl (C=O) groups is 1. The number of oxime groups is 1. The number of aromatic hydroxyl groups is 1. The summed E-state index contributed by atoms with van der Waals surface area (Å²) < 4.78 is 0. The zero-order chi connectivity index (χ0) is 11.5. The second-order valence-electron chi connectivity index (χ2n) is 3.20. The molecule has 1 aromatic carbocycles. The molecule has 16 heavy (non-hydrogen) atoms. The number of carbonyl (C=O) groups excluding carboxylic acids is 1. The Hall–Kier alpha value is -1.81. The third-order valence-corrected chi connectivity index (χ3v) is 2.33. The number of rotatable bonds is 2. The van der Waals surface area contributed by atoms with E-state index in [-0.39, 0.29) is 11.6 Å². The van der Waals surface area contributed by atoms with Gasteiger partial charge in [0.2, 0.25) is 0 Å². The maximum absolute atomic E-state index is 11.3. The summed E-state index contributed by atoms with van der Waals surface area (Å²) >= 11 is 5.61. The normalized spacial score (nSPS) is 17.4. The van der Waals surface area contributed by atoms with E-state index >= 15 is 0 Å². The van der Waals surface area contributed by atoms with Crippen LogP contribution in [-0.4, -0.2) is 22.7 Å². The minimum absolute atomic E-state index is 0.108. The Bertz CT molecular complexity index is 494. The molecule has 0 amide bonds. The maximum Gasteiger partial charge on any atom is 0.367 e. The van der Waals surface area contributed by atoms with Crippen molar-refractivity contribution in [2.75, 3.05) is 5.88 Å². The van der Waals surface area contributed by atoms with Crippen molar-refractivity contribution in [1.29, 1.82) is 0 Å². The summed E-state index contributed by atoms with van der Waals surface area (Å²) in [6.07, 6.45) is 1.58. The SMILES string of the molecule is O=C1ON=C(CCl)C1=Cc1cccc(O)c1. The Morgan fingerprint density at radius 1 is 1.50 bits per heavy atom. The quantitative estimate of drug-likeness (QED) is 0.486. The van der Waals surface area contributed by atoms with E-state index in [1.807, 2.05) is 0 Å². The summed E-state index contributed by atoms with van der Waals surface area (Å²) in [5, 5.41) is 12.8. The first-order valence-electron chi connectivity index (χ1n) is 4.56. The zero-order valence-electron chi connectivity index (χ0n) is 8.18. The van der Waals surface area contributed by atoms with Crippen LogP contribution in [0, 0.1) is 0 Å². The highest BCUT2D eigenvalue weighted by Gasteiger charge is 2.24. The van der Waals surface area contributed by atoms with Gasteiger partial charge in [-0.1, -0.05) is 17.3 Å². The van der Waals surface area contributed by atoms with Gasteiger partial charge in [0, 0.05) is 0 Å². The van der Waals surface area contributed by atoms with E-state index in [0.29, 0.717) is 16.8 Å². The molecule has 5 heteroatoms. The molecule has 82 valence electrons. The van der Waals surface area contributed by atoms with E-state index in [1.165, 1.54) is 6.07 Å². The van der Waals surface area contributed by atoms with Gasteiger partial charge in [0.15, 0.2) is 0 Å². The lowest BCUT2D eigenvalue weighted by atomic mass is 10.1. The number of hydrogen-bond acceptors (Lipinski definition) is 4. The fraction of sp³-hybridized carbons (Fsp3) is 0.0909. The van der Waals surface area contributed by atoms with Crippen LogP contribution in [0.15, 0.2) is 35.0 Å². The molecule has 0 aromatic heterocycles. The van der Waals surface area contributed by atoms with Crippen LogP contribution < -0.4 is 0 Å². The Kier molecular flexibility index (Phi) is 2.92. The summed E-state index contributed by atoms with van der Waals surface area (Å²) in [4.78, 5) is 15.8. The average Bonchev–Trinajstić information content (AvgIpc) is 2.60. The molecule has 0 fully saturated rings. The van der Waals surface area contributed by atoms with Crippen LogP contribution in [0.5, 0.6) is 5.75 Å². The third kappa shape index (κ3) is 2.06. The maximum atomic E-state index is 11.3. The van der Waals surface area contributed by atoms with Gasteiger partial charge in [-0.15, -0.1) is 11.6 Å². The Balaban J connectivity index is 2.37. The molecule has 4 nitrogen and oxygen atoms in total. The highest BCUT2D eigenvalue weighted by molar-refractivity contribution is 6.38. The van der Waals surface area contributed by atoms with Gasteiger partial charge in [0.25, 0.3) is 0 Å². The van der Waals surface area contributed by atoms with Crippen LogP contribution in [0.1, 0.15) is 5.56 Å². The van der Waals surface area contributed by atoms with Crippen LogP contribution in [-0.2, 0) is 9.63 Å². The average molecular weight is 238 g/mol. The van der Waals surface area contributed by atoms with Crippen molar-refractivity contribution >= 4 is 29.4 Å². The zero-order valence-corrected chi connectivity index (χ0v) is 8.94. The van der Waals surface area contributed by atoms with Crippen molar-refractivity contribution in [3.63, 3.8) is 0 Å². The highest BCUT2D eigenvalue weighted by atomic mass is 35.5. The smallest absolute Gasteiger partial charge is 0.367 e. The van der Waals surface area contributed by atoms with E-state index in [9.17, 15) is 9.90 Å². The van der Waals surface area contributed by atoms with Crippen molar-refractivity contribution in [2.45, 2.75) is 0 Å². The standard InChI is InChI=1S/C11H8ClNO3/c12-6-10-9(11(15)16-13-10)5-7-2-1-3-8(14)4-7/h1-5,14H,6H2. The number of halogens is 1. The molecule has 2 rings (SSSR count). The van der Waals surface area contributed by atoms with Crippen molar-refractivity contribution < 1.29 is 14.7 Å². The fourth-order valence-electron chi connectivity index (χ4n) is 1.33. The lowest BCUT2D eigenvalue weighted by Crippen LogP contribution is -2.06. The van der Waals surface area contributed by atoms with Crippen LogP contribution >= 0.6 is 11.6 Å². The molecule has 0 saturated heterocycles. The molecule has 1 aliphatic heterocycles. The molecule has 0 unspecified atom stereocenters. The van der Waals surface area contributed by atoms with Gasteiger partial charge in [0.05, 0.1) is 11.5 Å². The van der Waals surface area contributed by atoms with Crippen molar-refractivity contribution in [3.8, 4) is 5.75 Å².